The highest BCUT2D eigenvalue weighted by Gasteiger charge is 2.34. The van der Waals surface area contributed by atoms with Gasteiger partial charge in [0.1, 0.15) is 5.82 Å². The normalized spacial score (nSPS) is 24.3. The number of pyridine rings is 1. The van der Waals surface area contributed by atoms with E-state index in [0.717, 1.165) is 29.8 Å². The van der Waals surface area contributed by atoms with E-state index in [1.165, 1.54) is 18.9 Å². The zero-order valence-electron chi connectivity index (χ0n) is 12.7. The first-order valence-corrected chi connectivity index (χ1v) is 7.99. The second-order valence-corrected chi connectivity index (χ2v) is 6.62. The predicted molar refractivity (Wildman–Crippen MR) is 81.0 cm³/mol. The molecule has 0 spiro atoms. The van der Waals surface area contributed by atoms with Gasteiger partial charge in [-0.2, -0.15) is 5.10 Å². The van der Waals surface area contributed by atoms with Gasteiger partial charge in [0.2, 0.25) is 0 Å². The number of aliphatic hydroxyl groups is 1. The molecule has 2 saturated carbocycles. The molecule has 2 aliphatic rings. The fourth-order valence-electron chi connectivity index (χ4n) is 3.21. The monoisotopic (exact) mass is 301 g/mol. The van der Waals surface area contributed by atoms with Gasteiger partial charge in [0, 0.05) is 24.3 Å². The molecule has 2 fully saturated rings. The maximum atomic E-state index is 13.5. The van der Waals surface area contributed by atoms with Crippen LogP contribution in [-0.4, -0.2) is 26.5 Å². The van der Waals surface area contributed by atoms with Crippen LogP contribution >= 0.6 is 0 Å². The Morgan fingerprint density at radius 1 is 1.32 bits per heavy atom. The molecule has 0 saturated heterocycles. The maximum Gasteiger partial charge on any atom is 0.144 e. The third kappa shape index (κ3) is 2.33. The molecule has 2 aromatic rings. The molecular weight excluding hydrogens is 281 g/mol. The number of hydrogen-bond donors (Lipinski definition) is 1. The van der Waals surface area contributed by atoms with Gasteiger partial charge in [0.25, 0.3) is 0 Å². The Bertz CT molecular complexity index is 702. The Balaban J connectivity index is 1.68. The number of aliphatic hydroxyl groups excluding tert-OH is 1. The smallest absolute Gasteiger partial charge is 0.144 e. The van der Waals surface area contributed by atoms with E-state index < -0.39 is 0 Å². The van der Waals surface area contributed by atoms with Gasteiger partial charge in [-0.1, -0.05) is 0 Å². The molecule has 116 valence electrons. The summed E-state index contributed by atoms with van der Waals surface area (Å²) in [5.41, 5.74) is 3.38. The third-order valence-corrected chi connectivity index (χ3v) is 4.86. The van der Waals surface area contributed by atoms with E-state index in [9.17, 15) is 4.39 Å². The molecule has 0 amide bonds. The van der Waals surface area contributed by atoms with E-state index in [1.54, 1.807) is 13.0 Å². The van der Waals surface area contributed by atoms with Crippen molar-refractivity contribution in [2.45, 2.75) is 44.6 Å². The zero-order valence-corrected chi connectivity index (χ0v) is 12.7. The number of hydrogen-bond acceptors (Lipinski definition) is 3. The van der Waals surface area contributed by atoms with Crippen molar-refractivity contribution >= 4 is 0 Å². The van der Waals surface area contributed by atoms with E-state index in [0.29, 0.717) is 23.6 Å². The van der Waals surface area contributed by atoms with Crippen molar-refractivity contribution < 1.29 is 9.50 Å². The lowest BCUT2D eigenvalue weighted by Gasteiger charge is -2.34. The summed E-state index contributed by atoms with van der Waals surface area (Å²) < 4.78 is 15.5. The Morgan fingerprint density at radius 3 is 2.73 bits per heavy atom. The quantitative estimate of drug-likeness (QED) is 0.943. The molecule has 2 aromatic heterocycles. The molecule has 0 atom stereocenters. The summed E-state index contributed by atoms with van der Waals surface area (Å²) in [6.45, 7) is 1.96. The molecule has 1 N–H and O–H groups in total. The van der Waals surface area contributed by atoms with Crippen LogP contribution in [0.1, 0.15) is 49.0 Å². The SMILES string of the molecule is Cc1nc(-c2cn([C@H]3C[C@H](CO)C3)nc2C2CC2)ccc1F. The maximum absolute atomic E-state index is 13.5. The molecule has 0 aromatic carbocycles. The van der Waals surface area contributed by atoms with Crippen molar-refractivity contribution in [3.8, 4) is 11.3 Å². The Labute approximate surface area is 129 Å². The lowest BCUT2D eigenvalue weighted by atomic mass is 9.81. The van der Waals surface area contributed by atoms with E-state index in [4.69, 9.17) is 10.2 Å². The van der Waals surface area contributed by atoms with E-state index in [1.807, 2.05) is 4.68 Å². The molecule has 2 aliphatic carbocycles. The van der Waals surface area contributed by atoms with Crippen LogP contribution in [0, 0.1) is 18.7 Å². The molecule has 0 unspecified atom stereocenters. The van der Waals surface area contributed by atoms with Gasteiger partial charge in [-0.3, -0.25) is 4.68 Å². The average molecular weight is 301 g/mol. The van der Waals surface area contributed by atoms with Gasteiger partial charge in [0.05, 0.1) is 23.1 Å². The summed E-state index contributed by atoms with van der Waals surface area (Å²) in [5.74, 6) is 0.666. The molecule has 4 nitrogen and oxygen atoms in total. The van der Waals surface area contributed by atoms with Gasteiger partial charge in [0.15, 0.2) is 0 Å². The van der Waals surface area contributed by atoms with E-state index in [2.05, 4.69) is 11.2 Å². The first-order chi connectivity index (χ1) is 10.7. The highest BCUT2D eigenvalue weighted by Crippen LogP contribution is 2.45. The van der Waals surface area contributed by atoms with Crippen LogP contribution in [0.25, 0.3) is 11.3 Å². The lowest BCUT2D eigenvalue weighted by molar-refractivity contribution is 0.105. The molecular formula is C17H20FN3O. The summed E-state index contributed by atoms with van der Waals surface area (Å²) in [5, 5.41) is 14.0. The second-order valence-electron chi connectivity index (χ2n) is 6.62. The first kappa shape index (κ1) is 13.9. The van der Waals surface area contributed by atoms with Crippen LogP contribution in [0.3, 0.4) is 0 Å². The van der Waals surface area contributed by atoms with E-state index >= 15 is 0 Å². The van der Waals surface area contributed by atoms with Gasteiger partial charge in [-0.25, -0.2) is 9.37 Å². The minimum atomic E-state index is -0.270. The number of rotatable bonds is 4. The van der Waals surface area contributed by atoms with Gasteiger partial charge in [-0.05, 0) is 50.7 Å². The summed E-state index contributed by atoms with van der Waals surface area (Å²) >= 11 is 0. The highest BCUT2D eigenvalue weighted by atomic mass is 19.1. The summed E-state index contributed by atoms with van der Waals surface area (Å²) in [6.07, 6.45) is 6.38. The summed E-state index contributed by atoms with van der Waals surface area (Å²) in [7, 11) is 0. The predicted octanol–water partition coefficient (Wildman–Crippen LogP) is 3.21. The fourth-order valence-corrected chi connectivity index (χ4v) is 3.21. The van der Waals surface area contributed by atoms with Crippen LogP contribution in [0.5, 0.6) is 0 Å². The number of aryl methyl sites for hydroxylation is 1. The number of halogens is 1. The van der Waals surface area contributed by atoms with Crippen molar-refractivity contribution in [1.82, 2.24) is 14.8 Å². The molecule has 0 aliphatic heterocycles. The van der Waals surface area contributed by atoms with Crippen LogP contribution < -0.4 is 0 Å². The Morgan fingerprint density at radius 2 is 2.09 bits per heavy atom. The molecule has 4 rings (SSSR count). The fraction of sp³-hybridized carbons (Fsp3) is 0.529. The average Bonchev–Trinajstić information content (AvgIpc) is 3.21. The minimum Gasteiger partial charge on any atom is -0.396 e. The Hall–Kier alpha value is -1.75. The van der Waals surface area contributed by atoms with Crippen molar-refractivity contribution in [3.63, 3.8) is 0 Å². The summed E-state index contributed by atoms with van der Waals surface area (Å²) in [4.78, 5) is 4.39. The standard InChI is InChI=1S/C17H20FN3O/c1-10-15(18)4-5-16(19-10)14-8-21(13-6-11(7-13)9-22)20-17(14)12-2-3-12/h4-5,8,11-13,22H,2-3,6-7,9H2,1H3/t11-,13-. The number of aromatic nitrogens is 3. The highest BCUT2D eigenvalue weighted by molar-refractivity contribution is 5.63. The van der Waals surface area contributed by atoms with Crippen LogP contribution in [0.2, 0.25) is 0 Å². The van der Waals surface area contributed by atoms with Crippen LogP contribution in [0.4, 0.5) is 4.39 Å². The molecule has 0 radical (unpaired) electrons. The minimum absolute atomic E-state index is 0.263. The van der Waals surface area contributed by atoms with Crippen LogP contribution in [0.15, 0.2) is 18.3 Å². The first-order valence-electron chi connectivity index (χ1n) is 7.99. The van der Waals surface area contributed by atoms with Gasteiger partial charge >= 0.3 is 0 Å². The van der Waals surface area contributed by atoms with Gasteiger partial charge in [-0.15, -0.1) is 0 Å². The molecule has 2 heterocycles. The van der Waals surface area contributed by atoms with Crippen molar-refractivity contribution in [3.05, 3.63) is 35.5 Å². The van der Waals surface area contributed by atoms with Crippen molar-refractivity contribution in [2.24, 2.45) is 5.92 Å². The van der Waals surface area contributed by atoms with Crippen LogP contribution in [-0.2, 0) is 0 Å². The van der Waals surface area contributed by atoms with Gasteiger partial charge < -0.3 is 5.11 Å². The molecule has 0 bridgehead atoms. The summed E-state index contributed by atoms with van der Waals surface area (Å²) in [6, 6.07) is 3.61. The Kier molecular flexibility index (Phi) is 3.26. The topological polar surface area (TPSA) is 50.9 Å². The third-order valence-electron chi connectivity index (χ3n) is 4.86. The molecule has 22 heavy (non-hydrogen) atoms. The zero-order chi connectivity index (χ0) is 15.3. The largest absolute Gasteiger partial charge is 0.396 e. The lowest BCUT2D eigenvalue weighted by Crippen LogP contribution is -2.29. The van der Waals surface area contributed by atoms with E-state index in [-0.39, 0.29) is 12.4 Å². The molecule has 5 heteroatoms. The van der Waals surface area contributed by atoms with Crippen molar-refractivity contribution in [1.29, 1.82) is 0 Å². The number of nitrogens with zero attached hydrogens (tertiary/aromatic N) is 3. The van der Waals surface area contributed by atoms with Crippen molar-refractivity contribution in [2.75, 3.05) is 6.61 Å². The second kappa shape index (κ2) is 5.16.